The minimum atomic E-state index is -0.997. The van der Waals surface area contributed by atoms with E-state index in [1.165, 1.54) is 18.3 Å². The highest BCUT2D eigenvalue weighted by atomic mass is 35.5. The first-order valence-corrected chi connectivity index (χ1v) is 12.1. The lowest BCUT2D eigenvalue weighted by atomic mass is 9.97. The van der Waals surface area contributed by atoms with Crippen molar-refractivity contribution in [3.05, 3.63) is 69.5 Å². The van der Waals surface area contributed by atoms with Gasteiger partial charge in [0.05, 0.1) is 33.7 Å². The molecule has 1 saturated heterocycles. The maximum Gasteiger partial charge on any atom is 0.337 e. The van der Waals surface area contributed by atoms with Crippen LogP contribution in [0.4, 0.5) is 21.7 Å². The molecule has 1 aliphatic rings. The smallest absolute Gasteiger partial charge is 0.337 e. The molecule has 0 aliphatic carbocycles. The molecule has 9 nitrogen and oxygen atoms in total. The summed E-state index contributed by atoms with van der Waals surface area (Å²) < 4.78 is 13.8. The molecule has 0 unspecified atom stereocenters. The average Bonchev–Trinajstić information content (AvgIpc) is 2.81. The average molecular weight is 527 g/mol. The topological polar surface area (TPSA) is 112 Å². The van der Waals surface area contributed by atoms with Gasteiger partial charge in [0, 0.05) is 25.3 Å². The van der Waals surface area contributed by atoms with Gasteiger partial charge in [-0.15, -0.1) is 0 Å². The van der Waals surface area contributed by atoms with Gasteiger partial charge in [0.2, 0.25) is 0 Å². The summed E-state index contributed by atoms with van der Waals surface area (Å²) in [7, 11) is 0. The van der Waals surface area contributed by atoms with Crippen molar-refractivity contribution < 1.29 is 19.1 Å². The Balaban J connectivity index is 1.50. The van der Waals surface area contributed by atoms with Gasteiger partial charge in [-0.2, -0.15) is 0 Å². The number of pyridine rings is 1. The summed E-state index contributed by atoms with van der Waals surface area (Å²) in [6, 6.07) is 6.11. The lowest BCUT2D eigenvalue weighted by Gasteiger charge is -2.47. The lowest BCUT2D eigenvalue weighted by molar-refractivity contribution is 0.0506. The monoisotopic (exact) mass is 526 g/mol. The number of carbonyl (C=O) groups excluding carboxylic acids is 1. The zero-order valence-corrected chi connectivity index (χ0v) is 22.0. The first-order valence-electron chi connectivity index (χ1n) is 11.7. The van der Waals surface area contributed by atoms with Crippen molar-refractivity contribution in [2.75, 3.05) is 29.9 Å². The van der Waals surface area contributed by atoms with Gasteiger partial charge in [0.25, 0.3) is 5.91 Å². The van der Waals surface area contributed by atoms with Crippen LogP contribution in [0.2, 0.25) is 5.02 Å². The van der Waals surface area contributed by atoms with Gasteiger partial charge in [-0.1, -0.05) is 11.6 Å². The summed E-state index contributed by atoms with van der Waals surface area (Å²) in [5.41, 5.74) is 1.92. The normalized spacial score (nSPS) is 15.0. The van der Waals surface area contributed by atoms with Crippen LogP contribution in [0.25, 0.3) is 0 Å². The summed E-state index contributed by atoms with van der Waals surface area (Å²) in [6.45, 7) is 10.6. The van der Waals surface area contributed by atoms with E-state index in [1.54, 1.807) is 37.8 Å². The fourth-order valence-corrected chi connectivity index (χ4v) is 4.70. The predicted molar refractivity (Wildman–Crippen MR) is 139 cm³/mol. The number of nitrogens with zero attached hydrogens (tertiary/aromatic N) is 5. The van der Waals surface area contributed by atoms with Gasteiger partial charge in [0.1, 0.15) is 17.3 Å². The second kappa shape index (κ2) is 9.93. The Bertz CT molecular complexity index is 1370. The van der Waals surface area contributed by atoms with Crippen molar-refractivity contribution in [3.63, 3.8) is 0 Å². The van der Waals surface area contributed by atoms with Crippen molar-refractivity contribution in [1.82, 2.24) is 19.9 Å². The molecular weight excluding hydrogens is 499 g/mol. The Morgan fingerprint density at radius 1 is 1.11 bits per heavy atom. The van der Waals surface area contributed by atoms with Crippen LogP contribution in [-0.2, 0) is 0 Å². The molecule has 1 aromatic carbocycles. The number of carboxylic acid groups (broad SMARTS) is 1. The van der Waals surface area contributed by atoms with E-state index in [2.05, 4.69) is 25.2 Å². The second-order valence-corrected chi connectivity index (χ2v) is 10.1. The van der Waals surface area contributed by atoms with Crippen molar-refractivity contribution in [2.45, 2.75) is 40.2 Å². The Kier molecular flexibility index (Phi) is 7.05. The van der Waals surface area contributed by atoms with Crippen LogP contribution in [0.15, 0.2) is 30.5 Å². The Morgan fingerprint density at radius 2 is 1.84 bits per heavy atom. The van der Waals surface area contributed by atoms with Crippen molar-refractivity contribution in [2.24, 2.45) is 0 Å². The number of carbonyl (C=O) groups is 2. The van der Waals surface area contributed by atoms with Gasteiger partial charge in [-0.05, 0) is 64.4 Å². The zero-order valence-electron chi connectivity index (χ0n) is 21.3. The van der Waals surface area contributed by atoms with E-state index >= 15 is 0 Å². The summed E-state index contributed by atoms with van der Waals surface area (Å²) in [5, 5.41) is 12.5. The number of aromatic nitrogens is 3. The highest BCUT2D eigenvalue weighted by Gasteiger charge is 2.38. The van der Waals surface area contributed by atoms with E-state index in [9.17, 15) is 19.1 Å². The van der Waals surface area contributed by atoms with Gasteiger partial charge in [0.15, 0.2) is 5.82 Å². The molecule has 3 heterocycles. The van der Waals surface area contributed by atoms with E-state index < -0.39 is 17.3 Å². The maximum atomic E-state index is 13.8. The molecule has 194 valence electrons. The number of piperazine rings is 1. The third-order valence-electron chi connectivity index (χ3n) is 6.42. The number of hydrogen-bond donors (Lipinski definition) is 2. The molecule has 0 spiro atoms. The number of hydrogen-bond acceptors (Lipinski definition) is 7. The van der Waals surface area contributed by atoms with Crippen LogP contribution in [0.5, 0.6) is 0 Å². The molecule has 11 heteroatoms. The number of aryl methyl sites for hydroxylation is 3. The molecule has 1 amide bonds. The first-order chi connectivity index (χ1) is 17.4. The zero-order chi connectivity index (χ0) is 27.1. The molecule has 2 aromatic heterocycles. The number of aromatic carboxylic acids is 1. The number of halogens is 2. The molecule has 0 bridgehead atoms. The van der Waals surface area contributed by atoms with E-state index in [1.807, 2.05) is 13.8 Å². The molecule has 1 aliphatic heterocycles. The molecule has 37 heavy (non-hydrogen) atoms. The summed E-state index contributed by atoms with van der Waals surface area (Å²) in [4.78, 5) is 42.1. The minimum absolute atomic E-state index is 0.0235. The maximum absolute atomic E-state index is 13.8. The Hall–Kier alpha value is -3.79. The summed E-state index contributed by atoms with van der Waals surface area (Å²) in [6.07, 6.45) is 1.41. The van der Waals surface area contributed by atoms with E-state index in [0.29, 0.717) is 53.9 Å². The predicted octanol–water partition coefficient (Wildman–Crippen LogP) is 4.77. The highest BCUT2D eigenvalue weighted by molar-refractivity contribution is 6.30. The molecule has 4 rings (SSSR count). The van der Waals surface area contributed by atoms with Gasteiger partial charge in [-0.25, -0.2) is 24.1 Å². The number of anilines is 3. The standard InChI is InChI=1S/C26H28ClFN6O3/c1-14-10-21(31-15(2)22(14)25(36)37)33-8-9-34(26(4,5)13-33)24(35)20-12-29-23(16(3)30-20)32-17-6-7-18(27)19(28)11-17/h6-7,10-12H,8-9,13H2,1-5H3,(H,29,32)(H,36,37). The molecule has 3 aromatic rings. The van der Waals surface area contributed by atoms with E-state index in [4.69, 9.17) is 11.6 Å². The van der Waals surface area contributed by atoms with Gasteiger partial charge in [-0.3, -0.25) is 4.79 Å². The van der Waals surface area contributed by atoms with Crippen LogP contribution in [0.1, 0.15) is 51.6 Å². The number of rotatable bonds is 5. The second-order valence-electron chi connectivity index (χ2n) is 9.70. The van der Waals surface area contributed by atoms with Crippen LogP contribution >= 0.6 is 11.6 Å². The van der Waals surface area contributed by atoms with E-state index in [0.717, 1.165) is 0 Å². The molecule has 2 N–H and O–H groups in total. The molecular formula is C26H28ClFN6O3. The number of nitrogens with one attached hydrogen (secondary N) is 1. The molecule has 1 fully saturated rings. The van der Waals surface area contributed by atoms with Crippen LogP contribution in [0.3, 0.4) is 0 Å². The Morgan fingerprint density at radius 3 is 2.43 bits per heavy atom. The van der Waals surface area contributed by atoms with Gasteiger partial charge >= 0.3 is 5.97 Å². The van der Waals surface area contributed by atoms with Crippen molar-refractivity contribution >= 4 is 40.8 Å². The Labute approximate surface area is 219 Å². The first kappa shape index (κ1) is 26.3. The van der Waals surface area contributed by atoms with Crippen LogP contribution in [-0.4, -0.2) is 62.0 Å². The lowest BCUT2D eigenvalue weighted by Crippen LogP contribution is -2.61. The molecule has 0 saturated carbocycles. The molecule has 0 radical (unpaired) electrons. The minimum Gasteiger partial charge on any atom is -0.478 e. The summed E-state index contributed by atoms with van der Waals surface area (Å²) in [5.74, 6) is -0.703. The number of benzene rings is 1. The fraction of sp³-hybridized carbons (Fsp3) is 0.346. The number of carboxylic acids is 1. The largest absolute Gasteiger partial charge is 0.478 e. The number of amides is 1. The third-order valence-corrected chi connectivity index (χ3v) is 6.72. The van der Waals surface area contributed by atoms with Gasteiger partial charge < -0.3 is 20.2 Å². The SMILES string of the molecule is Cc1cc(N2CCN(C(=O)c3cnc(Nc4ccc(Cl)c(F)c4)c(C)n3)C(C)(C)C2)nc(C)c1C(=O)O. The fourth-order valence-electron chi connectivity index (χ4n) is 4.58. The van der Waals surface area contributed by atoms with Crippen molar-refractivity contribution in [1.29, 1.82) is 0 Å². The van der Waals surface area contributed by atoms with Crippen LogP contribution < -0.4 is 10.2 Å². The van der Waals surface area contributed by atoms with E-state index in [-0.39, 0.29) is 22.2 Å². The highest BCUT2D eigenvalue weighted by Crippen LogP contribution is 2.28. The third kappa shape index (κ3) is 5.34. The van der Waals surface area contributed by atoms with Crippen LogP contribution in [0, 0.1) is 26.6 Å². The molecule has 0 atom stereocenters. The van der Waals surface area contributed by atoms with Crippen molar-refractivity contribution in [3.8, 4) is 0 Å². The summed E-state index contributed by atoms with van der Waals surface area (Å²) >= 11 is 5.74. The quantitative estimate of drug-likeness (QED) is 0.489.